The molecule has 15 heavy (non-hydrogen) atoms. The molecule has 0 aromatic heterocycles. The third-order valence-electron chi connectivity index (χ3n) is 2.72. The summed E-state index contributed by atoms with van der Waals surface area (Å²) in [6, 6.07) is -0.840. The maximum atomic E-state index is 12.7. The standard InChI is InChI=1S/C10H16F2N2O/c1-3-9(15)14-6-5-13(4-2)8(7-14)10(11)12/h3,8,10H,1,4-7H2,2H3. The zero-order valence-corrected chi connectivity index (χ0v) is 8.83. The van der Waals surface area contributed by atoms with E-state index in [-0.39, 0.29) is 12.5 Å². The first kappa shape index (κ1) is 12.1. The molecule has 1 saturated heterocycles. The summed E-state index contributed by atoms with van der Waals surface area (Å²) in [6.45, 7) is 6.89. The molecule has 1 atom stereocenters. The Balaban J connectivity index is 2.65. The molecule has 0 N–H and O–H groups in total. The van der Waals surface area contributed by atoms with Crippen LogP contribution in [0.4, 0.5) is 8.78 Å². The van der Waals surface area contributed by atoms with E-state index in [4.69, 9.17) is 0 Å². The first-order valence-electron chi connectivity index (χ1n) is 5.03. The van der Waals surface area contributed by atoms with Crippen molar-refractivity contribution in [3.05, 3.63) is 12.7 Å². The molecular formula is C10H16F2N2O. The molecule has 3 nitrogen and oxygen atoms in total. The number of carbonyl (C=O) groups excluding carboxylic acids is 1. The Morgan fingerprint density at radius 3 is 2.73 bits per heavy atom. The van der Waals surface area contributed by atoms with Gasteiger partial charge in [0, 0.05) is 19.6 Å². The number of hydrogen-bond donors (Lipinski definition) is 0. The summed E-state index contributed by atoms with van der Waals surface area (Å²) in [4.78, 5) is 14.4. The van der Waals surface area contributed by atoms with Crippen molar-refractivity contribution in [3.8, 4) is 0 Å². The molecule has 1 aliphatic heterocycles. The number of carbonyl (C=O) groups is 1. The van der Waals surface area contributed by atoms with Crippen LogP contribution in [0.25, 0.3) is 0 Å². The molecule has 1 aliphatic rings. The summed E-state index contributed by atoms with van der Waals surface area (Å²) >= 11 is 0. The lowest BCUT2D eigenvalue weighted by atomic mass is 10.1. The fourth-order valence-corrected chi connectivity index (χ4v) is 1.81. The van der Waals surface area contributed by atoms with E-state index < -0.39 is 12.5 Å². The molecule has 0 spiro atoms. The van der Waals surface area contributed by atoms with Crippen LogP contribution in [-0.2, 0) is 4.79 Å². The summed E-state index contributed by atoms with van der Waals surface area (Å²) in [5, 5.41) is 0. The van der Waals surface area contributed by atoms with Crippen molar-refractivity contribution in [2.75, 3.05) is 26.2 Å². The van der Waals surface area contributed by atoms with E-state index >= 15 is 0 Å². The third-order valence-corrected chi connectivity index (χ3v) is 2.72. The Kier molecular flexibility index (Phi) is 4.20. The van der Waals surface area contributed by atoms with Gasteiger partial charge in [-0.05, 0) is 12.6 Å². The highest BCUT2D eigenvalue weighted by molar-refractivity contribution is 5.87. The fraction of sp³-hybridized carbons (Fsp3) is 0.700. The molecule has 1 heterocycles. The Hall–Kier alpha value is -0.970. The summed E-state index contributed by atoms with van der Waals surface area (Å²) in [7, 11) is 0. The molecule has 0 aromatic carbocycles. The van der Waals surface area contributed by atoms with E-state index in [1.54, 1.807) is 4.90 Å². The predicted octanol–water partition coefficient (Wildman–Crippen LogP) is 0.970. The highest BCUT2D eigenvalue weighted by atomic mass is 19.3. The van der Waals surface area contributed by atoms with Gasteiger partial charge in [0.05, 0.1) is 6.04 Å². The van der Waals surface area contributed by atoms with Crippen LogP contribution in [0.1, 0.15) is 6.92 Å². The molecule has 1 amide bonds. The summed E-state index contributed by atoms with van der Waals surface area (Å²) < 4.78 is 25.4. The molecule has 0 bridgehead atoms. The molecular weight excluding hydrogens is 202 g/mol. The average Bonchev–Trinajstić information content (AvgIpc) is 2.27. The van der Waals surface area contributed by atoms with Gasteiger partial charge in [-0.2, -0.15) is 0 Å². The minimum atomic E-state index is -2.41. The van der Waals surface area contributed by atoms with Crippen molar-refractivity contribution < 1.29 is 13.6 Å². The van der Waals surface area contributed by atoms with Crippen molar-refractivity contribution in [2.24, 2.45) is 0 Å². The summed E-state index contributed by atoms with van der Waals surface area (Å²) in [5.74, 6) is -0.267. The second-order valence-electron chi connectivity index (χ2n) is 3.52. The molecule has 0 aliphatic carbocycles. The van der Waals surface area contributed by atoms with E-state index in [1.165, 1.54) is 11.0 Å². The third kappa shape index (κ3) is 2.75. The van der Waals surface area contributed by atoms with Crippen LogP contribution in [0.5, 0.6) is 0 Å². The molecule has 0 radical (unpaired) electrons. The Bertz CT molecular complexity index is 246. The van der Waals surface area contributed by atoms with Gasteiger partial charge in [0.2, 0.25) is 5.91 Å². The van der Waals surface area contributed by atoms with Gasteiger partial charge in [-0.25, -0.2) is 8.78 Å². The number of alkyl halides is 2. The second-order valence-corrected chi connectivity index (χ2v) is 3.52. The molecule has 5 heteroatoms. The molecule has 86 valence electrons. The Morgan fingerprint density at radius 2 is 2.27 bits per heavy atom. The van der Waals surface area contributed by atoms with E-state index in [1.807, 2.05) is 6.92 Å². The summed E-state index contributed by atoms with van der Waals surface area (Å²) in [6.07, 6.45) is -1.24. The van der Waals surface area contributed by atoms with Crippen LogP contribution >= 0.6 is 0 Å². The number of piperazine rings is 1. The topological polar surface area (TPSA) is 23.6 Å². The first-order chi connectivity index (χ1) is 7.10. The SMILES string of the molecule is C=CC(=O)N1CCN(CC)C(C(F)F)C1. The van der Waals surface area contributed by atoms with Gasteiger partial charge in [-0.3, -0.25) is 9.69 Å². The zero-order chi connectivity index (χ0) is 11.4. The van der Waals surface area contributed by atoms with Crippen molar-refractivity contribution in [3.63, 3.8) is 0 Å². The molecule has 0 saturated carbocycles. The number of likely N-dealkylation sites (N-methyl/N-ethyl adjacent to an activating group) is 1. The maximum absolute atomic E-state index is 12.7. The Labute approximate surface area is 88.3 Å². The van der Waals surface area contributed by atoms with Crippen molar-refractivity contribution in [1.82, 2.24) is 9.80 Å². The number of rotatable bonds is 3. The van der Waals surface area contributed by atoms with Crippen molar-refractivity contribution >= 4 is 5.91 Å². The quantitative estimate of drug-likeness (QED) is 0.659. The van der Waals surface area contributed by atoms with Crippen LogP contribution in [0.3, 0.4) is 0 Å². The monoisotopic (exact) mass is 218 g/mol. The lowest BCUT2D eigenvalue weighted by Crippen LogP contribution is -2.56. The van der Waals surface area contributed by atoms with Crippen LogP contribution in [0.2, 0.25) is 0 Å². The Morgan fingerprint density at radius 1 is 1.60 bits per heavy atom. The van der Waals surface area contributed by atoms with Gasteiger partial charge >= 0.3 is 0 Å². The van der Waals surface area contributed by atoms with Crippen LogP contribution in [0.15, 0.2) is 12.7 Å². The van der Waals surface area contributed by atoms with E-state index in [0.29, 0.717) is 19.6 Å². The highest BCUT2D eigenvalue weighted by Crippen LogP contribution is 2.16. The first-order valence-corrected chi connectivity index (χ1v) is 5.03. The minimum absolute atomic E-state index is 0.0936. The van der Waals surface area contributed by atoms with Crippen LogP contribution in [0, 0.1) is 0 Å². The van der Waals surface area contributed by atoms with Gasteiger partial charge in [0.15, 0.2) is 0 Å². The number of hydrogen-bond acceptors (Lipinski definition) is 2. The van der Waals surface area contributed by atoms with Gasteiger partial charge in [-0.15, -0.1) is 0 Å². The number of halogens is 2. The van der Waals surface area contributed by atoms with Crippen LogP contribution < -0.4 is 0 Å². The predicted molar refractivity (Wildman–Crippen MR) is 53.8 cm³/mol. The maximum Gasteiger partial charge on any atom is 0.255 e. The lowest BCUT2D eigenvalue weighted by molar-refractivity contribution is -0.131. The van der Waals surface area contributed by atoms with E-state index in [0.717, 1.165) is 0 Å². The van der Waals surface area contributed by atoms with Crippen LogP contribution in [-0.4, -0.2) is 54.4 Å². The smallest absolute Gasteiger partial charge is 0.255 e. The molecule has 0 aromatic rings. The second kappa shape index (κ2) is 5.21. The molecule has 1 rings (SSSR count). The molecule has 1 unspecified atom stereocenters. The van der Waals surface area contributed by atoms with Gasteiger partial charge in [-0.1, -0.05) is 13.5 Å². The number of amides is 1. The van der Waals surface area contributed by atoms with E-state index in [9.17, 15) is 13.6 Å². The highest BCUT2D eigenvalue weighted by Gasteiger charge is 2.33. The van der Waals surface area contributed by atoms with Gasteiger partial charge in [0.1, 0.15) is 0 Å². The van der Waals surface area contributed by atoms with Gasteiger partial charge < -0.3 is 4.90 Å². The normalized spacial score (nSPS) is 23.2. The molecule has 1 fully saturated rings. The van der Waals surface area contributed by atoms with Crippen molar-refractivity contribution in [2.45, 2.75) is 19.4 Å². The van der Waals surface area contributed by atoms with Crippen molar-refractivity contribution in [1.29, 1.82) is 0 Å². The van der Waals surface area contributed by atoms with Gasteiger partial charge in [0.25, 0.3) is 6.43 Å². The fourth-order valence-electron chi connectivity index (χ4n) is 1.81. The number of nitrogens with zero attached hydrogens (tertiary/aromatic N) is 2. The minimum Gasteiger partial charge on any atom is -0.336 e. The lowest BCUT2D eigenvalue weighted by Gasteiger charge is -2.40. The zero-order valence-electron chi connectivity index (χ0n) is 8.83. The summed E-state index contributed by atoms with van der Waals surface area (Å²) in [5.41, 5.74) is 0. The van der Waals surface area contributed by atoms with E-state index in [2.05, 4.69) is 6.58 Å². The average molecular weight is 218 g/mol. The largest absolute Gasteiger partial charge is 0.336 e.